The van der Waals surface area contributed by atoms with Crippen molar-refractivity contribution in [2.24, 2.45) is 4.99 Å². The molecular formula is C26H27N3O2. The molecule has 158 valence electrons. The van der Waals surface area contributed by atoms with Gasteiger partial charge < -0.3 is 14.8 Å². The van der Waals surface area contributed by atoms with Gasteiger partial charge in [-0.05, 0) is 72.0 Å². The Bertz CT molecular complexity index is 1080. The van der Waals surface area contributed by atoms with Crippen LogP contribution < -0.4 is 5.32 Å². The molecule has 0 amide bonds. The molecule has 1 aromatic heterocycles. The zero-order chi connectivity index (χ0) is 21.0. The Balaban J connectivity index is 1.30. The zero-order valence-corrected chi connectivity index (χ0v) is 17.5. The molecule has 3 heterocycles. The molecule has 31 heavy (non-hydrogen) atoms. The molecule has 0 aliphatic carbocycles. The molecule has 5 heteroatoms. The van der Waals surface area contributed by atoms with Gasteiger partial charge in [-0.1, -0.05) is 24.3 Å². The number of hydrogen-bond acceptors (Lipinski definition) is 5. The second kappa shape index (κ2) is 8.92. The molecule has 0 spiro atoms. The minimum absolute atomic E-state index is 0.249. The zero-order valence-electron chi connectivity index (χ0n) is 17.5. The smallest absolute Gasteiger partial charge is 0.133 e. The van der Waals surface area contributed by atoms with Crippen LogP contribution in [0.25, 0.3) is 16.9 Å². The minimum atomic E-state index is 0.249. The predicted molar refractivity (Wildman–Crippen MR) is 125 cm³/mol. The van der Waals surface area contributed by atoms with Crippen LogP contribution in [0.3, 0.4) is 0 Å². The average molecular weight is 414 g/mol. The number of aliphatic imine (C=N–C) groups is 1. The van der Waals surface area contributed by atoms with Crippen molar-refractivity contribution in [3.05, 3.63) is 83.8 Å². The number of aliphatic hydroxyl groups excluding tert-OH is 1. The SMILES string of the molecule is OCC1CCCN1Cc1ccc(NC=C2CN=Cc3ccc(-c4ccco4)cc32)cc1. The molecule has 0 saturated carbocycles. The first-order valence-electron chi connectivity index (χ1n) is 10.9. The van der Waals surface area contributed by atoms with Crippen LogP contribution in [0.4, 0.5) is 5.69 Å². The number of benzene rings is 2. The van der Waals surface area contributed by atoms with E-state index in [4.69, 9.17) is 4.42 Å². The number of nitrogens with one attached hydrogen (secondary N) is 1. The van der Waals surface area contributed by atoms with Gasteiger partial charge in [-0.25, -0.2) is 0 Å². The average Bonchev–Trinajstić information content (AvgIpc) is 3.50. The Morgan fingerprint density at radius 1 is 1.16 bits per heavy atom. The molecule has 5 rings (SSSR count). The molecule has 2 aromatic carbocycles. The van der Waals surface area contributed by atoms with Crippen LogP contribution in [0.15, 0.2) is 76.5 Å². The van der Waals surface area contributed by atoms with Crippen molar-refractivity contribution < 1.29 is 9.52 Å². The number of nitrogens with zero attached hydrogens (tertiary/aromatic N) is 2. The number of anilines is 1. The van der Waals surface area contributed by atoms with E-state index in [9.17, 15) is 5.11 Å². The van der Waals surface area contributed by atoms with Gasteiger partial charge in [0.2, 0.25) is 0 Å². The van der Waals surface area contributed by atoms with Crippen molar-refractivity contribution in [1.82, 2.24) is 4.90 Å². The summed E-state index contributed by atoms with van der Waals surface area (Å²) in [7, 11) is 0. The molecule has 1 saturated heterocycles. The number of fused-ring (bicyclic) bond motifs is 1. The van der Waals surface area contributed by atoms with Gasteiger partial charge in [-0.3, -0.25) is 9.89 Å². The summed E-state index contributed by atoms with van der Waals surface area (Å²) in [5, 5.41) is 13.0. The summed E-state index contributed by atoms with van der Waals surface area (Å²) in [6, 6.07) is 19.1. The fraction of sp³-hybridized carbons (Fsp3) is 0.269. The highest BCUT2D eigenvalue weighted by atomic mass is 16.3. The lowest BCUT2D eigenvalue weighted by molar-refractivity contribution is 0.153. The molecule has 2 aliphatic heterocycles. The van der Waals surface area contributed by atoms with Gasteiger partial charge in [-0.2, -0.15) is 0 Å². The Morgan fingerprint density at radius 2 is 2.06 bits per heavy atom. The van der Waals surface area contributed by atoms with Crippen molar-refractivity contribution in [3.8, 4) is 11.3 Å². The topological polar surface area (TPSA) is 61.0 Å². The summed E-state index contributed by atoms with van der Waals surface area (Å²) in [5.41, 5.74) is 6.84. The highest BCUT2D eigenvalue weighted by Crippen LogP contribution is 2.29. The lowest BCUT2D eigenvalue weighted by Crippen LogP contribution is -2.31. The number of hydrogen-bond donors (Lipinski definition) is 2. The molecule has 5 nitrogen and oxygen atoms in total. The fourth-order valence-electron chi connectivity index (χ4n) is 4.42. The third-order valence-corrected chi connectivity index (χ3v) is 6.16. The normalized spacial score (nSPS) is 19.6. The quantitative estimate of drug-likeness (QED) is 0.610. The van der Waals surface area contributed by atoms with Gasteiger partial charge in [0.05, 0.1) is 19.4 Å². The third-order valence-electron chi connectivity index (χ3n) is 6.16. The summed E-state index contributed by atoms with van der Waals surface area (Å²) >= 11 is 0. The summed E-state index contributed by atoms with van der Waals surface area (Å²) in [4.78, 5) is 6.88. The summed E-state index contributed by atoms with van der Waals surface area (Å²) in [6.45, 7) is 2.86. The molecule has 1 fully saturated rings. The Kier molecular flexibility index (Phi) is 5.69. The summed E-state index contributed by atoms with van der Waals surface area (Å²) in [6.07, 6.45) is 7.95. The molecule has 1 unspecified atom stereocenters. The first-order valence-corrected chi connectivity index (χ1v) is 10.9. The standard InChI is InChI=1S/C26H27N3O2/c30-18-24-3-1-11-29(24)17-19-5-9-23(10-6-19)28-16-22-15-27-14-21-8-7-20(13-25(21)22)26-4-2-12-31-26/h2,4-10,12-14,16,24,28,30H,1,3,11,15,17-18H2. The molecule has 1 atom stereocenters. The number of likely N-dealkylation sites (tertiary alicyclic amines) is 1. The van der Waals surface area contributed by atoms with Gasteiger partial charge >= 0.3 is 0 Å². The van der Waals surface area contributed by atoms with Crippen LogP contribution in [0.1, 0.15) is 29.5 Å². The fourth-order valence-corrected chi connectivity index (χ4v) is 4.42. The maximum Gasteiger partial charge on any atom is 0.133 e. The van der Waals surface area contributed by atoms with Gasteiger partial charge in [0, 0.05) is 36.3 Å². The van der Waals surface area contributed by atoms with Crippen LogP contribution in [0.5, 0.6) is 0 Å². The highest BCUT2D eigenvalue weighted by Gasteiger charge is 2.23. The van der Waals surface area contributed by atoms with Crippen molar-refractivity contribution in [3.63, 3.8) is 0 Å². The second-order valence-corrected chi connectivity index (χ2v) is 8.21. The van der Waals surface area contributed by atoms with E-state index in [1.165, 1.54) is 17.5 Å². The maximum atomic E-state index is 9.52. The minimum Gasteiger partial charge on any atom is -0.464 e. The Morgan fingerprint density at radius 3 is 2.87 bits per heavy atom. The van der Waals surface area contributed by atoms with E-state index >= 15 is 0 Å². The number of rotatable bonds is 6. The van der Waals surface area contributed by atoms with Crippen LogP contribution in [-0.4, -0.2) is 42.0 Å². The Hall–Kier alpha value is -3.15. The second-order valence-electron chi connectivity index (χ2n) is 8.21. The van der Waals surface area contributed by atoms with E-state index in [2.05, 4.69) is 63.9 Å². The monoisotopic (exact) mass is 413 g/mol. The lowest BCUT2D eigenvalue weighted by atomic mass is 9.95. The van der Waals surface area contributed by atoms with Crippen molar-refractivity contribution in [2.75, 3.05) is 25.0 Å². The van der Waals surface area contributed by atoms with Crippen molar-refractivity contribution >= 4 is 17.5 Å². The molecule has 2 N–H and O–H groups in total. The van der Waals surface area contributed by atoms with Crippen LogP contribution >= 0.6 is 0 Å². The third kappa shape index (κ3) is 4.33. The summed E-state index contributed by atoms with van der Waals surface area (Å²) in [5.74, 6) is 0.870. The van der Waals surface area contributed by atoms with E-state index in [-0.39, 0.29) is 6.61 Å². The van der Waals surface area contributed by atoms with Gasteiger partial charge in [0.15, 0.2) is 0 Å². The molecule has 0 radical (unpaired) electrons. The first kappa shape index (κ1) is 19.8. The number of furan rings is 1. The number of aliphatic hydroxyl groups is 1. The summed E-state index contributed by atoms with van der Waals surface area (Å²) < 4.78 is 5.56. The lowest BCUT2D eigenvalue weighted by Gasteiger charge is -2.22. The highest BCUT2D eigenvalue weighted by molar-refractivity contribution is 5.93. The van der Waals surface area contributed by atoms with Crippen molar-refractivity contribution in [1.29, 1.82) is 0 Å². The maximum absolute atomic E-state index is 9.52. The van der Waals surface area contributed by atoms with Crippen LogP contribution in [0.2, 0.25) is 0 Å². The van der Waals surface area contributed by atoms with E-state index in [1.807, 2.05) is 18.3 Å². The van der Waals surface area contributed by atoms with Crippen molar-refractivity contribution in [2.45, 2.75) is 25.4 Å². The first-order chi connectivity index (χ1) is 15.3. The van der Waals surface area contributed by atoms with E-state index in [0.29, 0.717) is 12.6 Å². The molecule has 0 bridgehead atoms. The van der Waals surface area contributed by atoms with Crippen LogP contribution in [-0.2, 0) is 6.54 Å². The van der Waals surface area contributed by atoms with E-state index in [1.54, 1.807) is 6.26 Å². The van der Waals surface area contributed by atoms with Gasteiger partial charge in [0.25, 0.3) is 0 Å². The molecule has 2 aliphatic rings. The predicted octanol–water partition coefficient (Wildman–Crippen LogP) is 4.79. The largest absolute Gasteiger partial charge is 0.464 e. The van der Waals surface area contributed by atoms with Gasteiger partial charge in [0.1, 0.15) is 5.76 Å². The van der Waals surface area contributed by atoms with Crippen LogP contribution in [0, 0.1) is 0 Å². The molecular weight excluding hydrogens is 386 g/mol. The Labute approximate surface area is 182 Å². The molecule has 3 aromatic rings. The van der Waals surface area contributed by atoms with Gasteiger partial charge in [-0.15, -0.1) is 0 Å². The van der Waals surface area contributed by atoms with E-state index in [0.717, 1.165) is 47.7 Å². The van der Waals surface area contributed by atoms with E-state index < -0.39 is 0 Å².